The first-order valence-corrected chi connectivity index (χ1v) is 23.6. The molecule has 2 rings (SSSR count). The van der Waals surface area contributed by atoms with Crippen LogP contribution in [0, 0.1) is 0 Å². The number of esters is 5. The third kappa shape index (κ3) is 24.1. The predicted octanol–water partition coefficient (Wildman–Crippen LogP) is 7.52. The molecule has 1 saturated heterocycles. The molecule has 372 valence electrons. The second-order valence-electron chi connectivity index (χ2n) is 16.5. The third-order valence-electron chi connectivity index (χ3n) is 9.64. The number of hydrogen-bond donors (Lipinski definition) is 0. The van der Waals surface area contributed by atoms with Gasteiger partial charge in [-0.1, -0.05) is 79.8 Å². The van der Waals surface area contributed by atoms with Crippen LogP contribution in [0.4, 0.5) is 5.82 Å². The SMILES string of the molecule is CC/C=C\C/C=C\C/C=C\C/C=C\C/C=C\C/C=C\CCC(=O)OC(C)C(=O)OC(C)C(=O)OC(C)C(=O)OC(C)C(=O)O[C@H](COc1nsnc1N1CCOCC1)CN(C(C)=O)C(C)(C)C. The maximum absolute atomic E-state index is 13.3. The molecule has 0 bridgehead atoms. The minimum Gasteiger partial charge on any atom is -0.470 e. The predicted molar refractivity (Wildman–Crippen MR) is 255 cm³/mol. The van der Waals surface area contributed by atoms with Gasteiger partial charge in [-0.2, -0.15) is 4.37 Å². The van der Waals surface area contributed by atoms with Crippen molar-refractivity contribution < 1.29 is 61.9 Å². The largest absolute Gasteiger partial charge is 0.470 e. The Morgan fingerprint density at radius 1 is 0.657 bits per heavy atom. The van der Waals surface area contributed by atoms with Crippen molar-refractivity contribution in [1.29, 1.82) is 0 Å². The van der Waals surface area contributed by atoms with E-state index < -0.39 is 65.9 Å². The number of rotatable bonds is 29. The summed E-state index contributed by atoms with van der Waals surface area (Å²) in [5.41, 5.74) is -0.639. The van der Waals surface area contributed by atoms with Crippen LogP contribution in [0.15, 0.2) is 72.9 Å². The number of ether oxygens (including phenoxy) is 7. The highest BCUT2D eigenvalue weighted by Crippen LogP contribution is 2.27. The number of nitrogens with zero attached hydrogens (tertiary/aromatic N) is 4. The highest BCUT2D eigenvalue weighted by atomic mass is 32.1. The maximum atomic E-state index is 13.3. The van der Waals surface area contributed by atoms with Crippen LogP contribution in [-0.4, -0.2) is 125 Å². The van der Waals surface area contributed by atoms with Gasteiger partial charge in [0.05, 0.1) is 31.5 Å². The van der Waals surface area contributed by atoms with Crippen molar-refractivity contribution in [2.45, 2.75) is 150 Å². The van der Waals surface area contributed by atoms with E-state index >= 15 is 0 Å². The van der Waals surface area contributed by atoms with E-state index in [-0.39, 0.29) is 31.4 Å². The van der Waals surface area contributed by atoms with Gasteiger partial charge in [0.25, 0.3) is 5.88 Å². The van der Waals surface area contributed by atoms with Crippen molar-refractivity contribution in [3.05, 3.63) is 72.9 Å². The fraction of sp³-hybridized carbons (Fsp3) is 0.592. The van der Waals surface area contributed by atoms with Gasteiger partial charge in [0, 0.05) is 32.0 Å². The number of amides is 1. The summed E-state index contributed by atoms with van der Waals surface area (Å²) >= 11 is 0.961. The quantitative estimate of drug-likeness (QED) is 0.0434. The Hall–Kier alpha value is -5.62. The average molecular weight is 957 g/mol. The van der Waals surface area contributed by atoms with Crippen LogP contribution in [-0.2, 0) is 57.2 Å². The zero-order chi connectivity index (χ0) is 49.6. The first-order valence-electron chi connectivity index (χ1n) is 22.9. The van der Waals surface area contributed by atoms with Gasteiger partial charge in [-0.15, -0.1) is 4.37 Å². The van der Waals surface area contributed by atoms with Gasteiger partial charge in [0.2, 0.25) is 11.7 Å². The molecular formula is C49H72N4O13S. The molecule has 1 fully saturated rings. The Morgan fingerprint density at radius 2 is 1.09 bits per heavy atom. The average Bonchev–Trinajstić information content (AvgIpc) is 3.76. The van der Waals surface area contributed by atoms with Crippen molar-refractivity contribution in [2.24, 2.45) is 0 Å². The first-order chi connectivity index (χ1) is 31.9. The van der Waals surface area contributed by atoms with Crippen LogP contribution in [0.5, 0.6) is 5.88 Å². The van der Waals surface area contributed by atoms with Gasteiger partial charge in [-0.3, -0.25) is 9.59 Å². The third-order valence-corrected chi connectivity index (χ3v) is 10.1. The van der Waals surface area contributed by atoms with E-state index in [9.17, 15) is 28.8 Å². The molecule has 2 heterocycles. The molecule has 0 saturated carbocycles. The number of morpholine rings is 1. The number of anilines is 1. The molecule has 67 heavy (non-hydrogen) atoms. The van der Waals surface area contributed by atoms with Crippen molar-refractivity contribution in [2.75, 3.05) is 44.4 Å². The molecule has 17 nitrogen and oxygen atoms in total. The summed E-state index contributed by atoms with van der Waals surface area (Å²) in [4.78, 5) is 79.9. The number of allylic oxidation sites excluding steroid dienone is 12. The molecule has 5 atom stereocenters. The molecule has 1 aliphatic rings. The lowest BCUT2D eigenvalue weighted by atomic mass is 10.1. The molecule has 0 aliphatic carbocycles. The summed E-state index contributed by atoms with van der Waals surface area (Å²) < 4.78 is 46.4. The lowest BCUT2D eigenvalue weighted by Crippen LogP contribution is -2.50. The van der Waals surface area contributed by atoms with Crippen LogP contribution in [0.3, 0.4) is 0 Å². The topological polar surface area (TPSA) is 199 Å². The monoisotopic (exact) mass is 956 g/mol. The van der Waals surface area contributed by atoms with Crippen LogP contribution in [0.1, 0.15) is 114 Å². The van der Waals surface area contributed by atoms with Gasteiger partial charge in [0.15, 0.2) is 30.5 Å². The molecule has 4 unspecified atom stereocenters. The van der Waals surface area contributed by atoms with E-state index in [1.807, 2.05) is 43.9 Å². The summed E-state index contributed by atoms with van der Waals surface area (Å²) in [7, 11) is 0. The van der Waals surface area contributed by atoms with Crippen LogP contribution in [0.25, 0.3) is 0 Å². The van der Waals surface area contributed by atoms with Gasteiger partial charge in [-0.25, -0.2) is 19.2 Å². The van der Waals surface area contributed by atoms with E-state index in [4.69, 9.17) is 33.2 Å². The molecule has 1 aromatic rings. The fourth-order valence-electron chi connectivity index (χ4n) is 5.97. The zero-order valence-electron chi connectivity index (χ0n) is 40.7. The molecule has 0 N–H and O–H groups in total. The molecule has 1 amide bonds. The number of aromatic nitrogens is 2. The maximum Gasteiger partial charge on any atom is 0.347 e. The Morgan fingerprint density at radius 3 is 1.54 bits per heavy atom. The van der Waals surface area contributed by atoms with E-state index in [1.54, 1.807) is 0 Å². The van der Waals surface area contributed by atoms with Gasteiger partial charge >= 0.3 is 29.8 Å². The molecule has 0 spiro atoms. The van der Waals surface area contributed by atoms with Gasteiger partial charge in [-0.05, 0) is 93.4 Å². The highest BCUT2D eigenvalue weighted by molar-refractivity contribution is 6.99. The normalized spacial score (nSPS) is 15.8. The van der Waals surface area contributed by atoms with Crippen molar-refractivity contribution in [3.8, 4) is 5.88 Å². The Kier molecular flexibility index (Phi) is 27.6. The Labute approximate surface area is 400 Å². The smallest absolute Gasteiger partial charge is 0.347 e. The van der Waals surface area contributed by atoms with Crippen molar-refractivity contribution >= 4 is 53.3 Å². The van der Waals surface area contributed by atoms with Crippen molar-refractivity contribution in [1.82, 2.24) is 13.6 Å². The molecule has 0 aromatic carbocycles. The van der Waals surface area contributed by atoms with Crippen molar-refractivity contribution in [3.63, 3.8) is 0 Å². The van der Waals surface area contributed by atoms with E-state index in [0.29, 0.717) is 45.0 Å². The Balaban J connectivity index is 1.76. The molecular weight excluding hydrogens is 885 g/mol. The van der Waals surface area contributed by atoms with Crippen LogP contribution >= 0.6 is 11.7 Å². The first kappa shape index (κ1) is 57.5. The highest BCUT2D eigenvalue weighted by Gasteiger charge is 2.34. The second kappa shape index (κ2) is 32.1. The Bertz CT molecular complexity index is 1880. The van der Waals surface area contributed by atoms with Crippen LogP contribution in [0.2, 0.25) is 0 Å². The molecule has 1 aliphatic heterocycles. The lowest BCUT2D eigenvalue weighted by molar-refractivity contribution is -0.186. The standard InChI is InChI=1S/C49H72N4O13S/c1-10-11-12-13-14-15-16-17-18-19-20-21-22-23-24-25-26-27-28-29-42(55)62-36(2)45(56)63-37(3)46(57)64-38(4)47(58)65-39(5)48(59)66-41(34-53(40(6)54)49(7,8)9)35-61-44-43(50-67-51-44)52-30-32-60-33-31-52/h11-12,14-15,17-18,20-21,23-24,26-27,36-39,41H,10,13,16,19,22,25,28-35H2,1-9H3/b12-11-,15-14-,18-17-,21-20-,24-23-,27-26-/t36?,37?,38?,39?,41-/m0/s1. The number of hydrogen-bond acceptors (Lipinski definition) is 17. The summed E-state index contributed by atoms with van der Waals surface area (Å²) in [6.07, 6.45) is 24.2. The fourth-order valence-corrected chi connectivity index (χ4v) is 6.49. The zero-order valence-corrected chi connectivity index (χ0v) is 41.5. The van der Waals surface area contributed by atoms with E-state index in [0.717, 1.165) is 43.8 Å². The number of carbonyl (C=O) groups excluding carboxylic acids is 6. The second-order valence-corrected chi connectivity index (χ2v) is 17.0. The van der Waals surface area contributed by atoms with E-state index in [1.165, 1.54) is 39.5 Å². The lowest BCUT2D eigenvalue weighted by Gasteiger charge is -2.37. The van der Waals surface area contributed by atoms with E-state index in [2.05, 4.69) is 70.4 Å². The molecule has 1 aromatic heterocycles. The summed E-state index contributed by atoms with van der Waals surface area (Å²) in [6.45, 7) is 16.0. The summed E-state index contributed by atoms with van der Waals surface area (Å²) in [5, 5.41) is 0. The summed E-state index contributed by atoms with van der Waals surface area (Å²) in [5.74, 6) is -4.24. The van der Waals surface area contributed by atoms with Gasteiger partial charge in [0.1, 0.15) is 6.61 Å². The minimum atomic E-state index is -1.52. The summed E-state index contributed by atoms with van der Waals surface area (Å²) in [6, 6.07) is 0. The minimum absolute atomic E-state index is 0.0334. The molecule has 18 heteroatoms. The van der Waals surface area contributed by atoms with Gasteiger partial charge < -0.3 is 43.0 Å². The molecule has 0 radical (unpaired) electrons. The number of carbonyl (C=O) groups is 6. The van der Waals surface area contributed by atoms with Crippen LogP contribution < -0.4 is 9.64 Å².